The Morgan fingerprint density at radius 1 is 1.17 bits per heavy atom. The number of morpholine rings is 1. The van der Waals surface area contributed by atoms with Crippen molar-refractivity contribution in [1.82, 2.24) is 24.9 Å². The average Bonchev–Trinajstić information content (AvgIpc) is 2.89. The van der Waals surface area contributed by atoms with Gasteiger partial charge < -0.3 is 19.9 Å². The van der Waals surface area contributed by atoms with Crippen molar-refractivity contribution < 1.29 is 14.3 Å². The molecular weight excluding hydrogens is 300 g/mol. The average molecular weight is 324 g/mol. The number of hydrogen-bond donors (Lipinski definition) is 1. The molecule has 0 radical (unpaired) electrons. The molecule has 0 spiro atoms. The van der Waals surface area contributed by atoms with Crippen LogP contribution in [-0.4, -0.2) is 110 Å². The number of ether oxygens (including phenoxy) is 1. The van der Waals surface area contributed by atoms with Crippen LogP contribution in [0.4, 0.5) is 4.79 Å². The van der Waals surface area contributed by atoms with E-state index in [0.717, 1.165) is 37.7 Å². The molecule has 23 heavy (non-hydrogen) atoms. The highest BCUT2D eigenvalue weighted by atomic mass is 16.5. The summed E-state index contributed by atoms with van der Waals surface area (Å²) in [4.78, 5) is 35.8. The van der Waals surface area contributed by atoms with Crippen molar-refractivity contribution >= 4 is 17.9 Å². The van der Waals surface area contributed by atoms with Gasteiger partial charge in [0.15, 0.2) is 12.0 Å². The van der Waals surface area contributed by atoms with Gasteiger partial charge in [-0.05, 0) is 0 Å². The maximum absolute atomic E-state index is 12.4. The molecule has 3 heterocycles. The van der Waals surface area contributed by atoms with Crippen molar-refractivity contribution in [1.29, 1.82) is 0 Å². The third-order valence-electron chi connectivity index (χ3n) is 4.70. The van der Waals surface area contributed by atoms with Crippen LogP contribution in [0.3, 0.4) is 0 Å². The van der Waals surface area contributed by atoms with Gasteiger partial charge in [0.2, 0.25) is 0 Å². The number of amides is 3. The minimum absolute atomic E-state index is 0.202. The first-order valence-electron chi connectivity index (χ1n) is 7.89. The Labute approximate surface area is 135 Å². The summed E-state index contributed by atoms with van der Waals surface area (Å²) in [5.41, 5.74) is 0. The van der Waals surface area contributed by atoms with E-state index in [1.807, 2.05) is 11.9 Å². The lowest BCUT2D eigenvalue weighted by atomic mass is 10.1. The van der Waals surface area contributed by atoms with E-state index in [4.69, 9.17) is 4.74 Å². The molecule has 3 amide bonds. The molecule has 128 valence electrons. The van der Waals surface area contributed by atoms with Crippen LogP contribution in [0.25, 0.3) is 0 Å². The number of nitrogens with one attached hydrogen (secondary N) is 1. The number of urea groups is 1. The molecule has 3 aliphatic heterocycles. The predicted octanol–water partition coefficient (Wildman–Crippen LogP) is -1.57. The molecule has 0 aromatic rings. The molecule has 0 aromatic heterocycles. The summed E-state index contributed by atoms with van der Waals surface area (Å²) in [6.07, 6.45) is -0.363. The first-order chi connectivity index (χ1) is 11.0. The molecule has 0 unspecified atom stereocenters. The van der Waals surface area contributed by atoms with Gasteiger partial charge >= 0.3 is 6.03 Å². The molecule has 9 nitrogen and oxygen atoms in total. The largest absolute Gasteiger partial charge is 0.379 e. The molecule has 1 N–H and O–H groups in total. The number of guanidine groups is 1. The fourth-order valence-corrected chi connectivity index (χ4v) is 3.19. The number of aliphatic imine (C=N–C) groups is 1. The van der Waals surface area contributed by atoms with E-state index < -0.39 is 6.04 Å². The minimum Gasteiger partial charge on any atom is -0.379 e. The van der Waals surface area contributed by atoms with Crippen LogP contribution in [-0.2, 0) is 9.53 Å². The van der Waals surface area contributed by atoms with E-state index in [2.05, 4.69) is 15.2 Å². The fraction of sp³-hybridized carbons (Fsp3) is 0.786. The number of carbonyl (C=O) groups excluding carboxylic acids is 2. The van der Waals surface area contributed by atoms with Gasteiger partial charge in [-0.15, -0.1) is 0 Å². The van der Waals surface area contributed by atoms with Crippen molar-refractivity contribution in [2.24, 2.45) is 4.99 Å². The van der Waals surface area contributed by atoms with Crippen LogP contribution in [0.2, 0.25) is 0 Å². The lowest BCUT2D eigenvalue weighted by Crippen LogP contribution is -2.64. The monoisotopic (exact) mass is 324 g/mol. The van der Waals surface area contributed by atoms with Gasteiger partial charge in [-0.3, -0.25) is 19.6 Å². The summed E-state index contributed by atoms with van der Waals surface area (Å²) in [6.45, 7) is 4.91. The zero-order chi connectivity index (χ0) is 16.6. The van der Waals surface area contributed by atoms with Gasteiger partial charge in [0, 0.05) is 40.8 Å². The summed E-state index contributed by atoms with van der Waals surface area (Å²) in [7, 11) is 5.04. The molecule has 3 saturated heterocycles. The smallest absolute Gasteiger partial charge is 0.327 e. The highest BCUT2D eigenvalue weighted by molar-refractivity contribution is 6.03. The van der Waals surface area contributed by atoms with Crippen molar-refractivity contribution in [2.75, 3.05) is 60.5 Å². The maximum atomic E-state index is 12.4. The minimum atomic E-state index is -0.426. The third-order valence-corrected chi connectivity index (χ3v) is 4.70. The first kappa shape index (κ1) is 16.0. The van der Waals surface area contributed by atoms with Crippen LogP contribution < -0.4 is 5.32 Å². The molecule has 3 aliphatic rings. The predicted molar refractivity (Wildman–Crippen MR) is 84.0 cm³/mol. The number of likely N-dealkylation sites (N-methyl/N-ethyl adjacent to an activating group) is 3. The maximum Gasteiger partial charge on any atom is 0.327 e. The van der Waals surface area contributed by atoms with Gasteiger partial charge in [-0.1, -0.05) is 0 Å². The first-order valence-corrected chi connectivity index (χ1v) is 7.89. The molecule has 2 atom stereocenters. The topological polar surface area (TPSA) is 80.7 Å². The standard InChI is InChI=1S/C14H24N6O3/c1-17-10-11(18(2)14(22)19(3)12(10)21)16-13(17)15-4-5-20-6-8-23-9-7-20/h10-11H,4-9H2,1-3H3,(H,15,16)/t10-,11+/m0/s1. The van der Waals surface area contributed by atoms with E-state index in [-0.39, 0.29) is 18.1 Å². The van der Waals surface area contributed by atoms with Crippen molar-refractivity contribution in [3.05, 3.63) is 0 Å². The zero-order valence-corrected chi connectivity index (χ0v) is 13.9. The van der Waals surface area contributed by atoms with E-state index in [0.29, 0.717) is 12.5 Å². The van der Waals surface area contributed by atoms with Gasteiger partial charge in [-0.25, -0.2) is 4.79 Å². The van der Waals surface area contributed by atoms with E-state index in [1.165, 1.54) is 7.05 Å². The van der Waals surface area contributed by atoms with Gasteiger partial charge in [-0.2, -0.15) is 0 Å². The van der Waals surface area contributed by atoms with Crippen LogP contribution in [0.1, 0.15) is 0 Å². The second kappa shape index (κ2) is 6.32. The fourth-order valence-electron chi connectivity index (χ4n) is 3.19. The summed E-state index contributed by atoms with van der Waals surface area (Å²) in [5.74, 6) is 0.461. The number of nitrogens with zero attached hydrogens (tertiary/aromatic N) is 5. The Balaban J connectivity index is 1.64. The van der Waals surface area contributed by atoms with Crippen LogP contribution in [0, 0.1) is 0 Å². The molecule has 3 fully saturated rings. The lowest BCUT2D eigenvalue weighted by molar-refractivity contribution is -0.135. The molecule has 0 saturated carbocycles. The number of fused-ring (bicyclic) bond motifs is 1. The molecule has 0 aromatic carbocycles. The number of carbonyl (C=O) groups is 2. The quantitative estimate of drug-likeness (QED) is 0.675. The zero-order valence-electron chi connectivity index (χ0n) is 13.9. The van der Waals surface area contributed by atoms with Crippen molar-refractivity contribution in [3.8, 4) is 0 Å². The Kier molecular flexibility index (Phi) is 4.40. The van der Waals surface area contributed by atoms with Gasteiger partial charge in [0.1, 0.15) is 6.17 Å². The van der Waals surface area contributed by atoms with Crippen molar-refractivity contribution in [2.45, 2.75) is 12.2 Å². The Morgan fingerprint density at radius 2 is 1.87 bits per heavy atom. The van der Waals surface area contributed by atoms with Gasteiger partial charge in [0.25, 0.3) is 5.91 Å². The van der Waals surface area contributed by atoms with Gasteiger partial charge in [0.05, 0.1) is 19.8 Å². The summed E-state index contributed by atoms with van der Waals surface area (Å²) in [6, 6.07) is -0.725. The lowest BCUT2D eigenvalue weighted by Gasteiger charge is -2.38. The molecule has 0 aliphatic carbocycles. The van der Waals surface area contributed by atoms with Crippen LogP contribution >= 0.6 is 0 Å². The second-order valence-electron chi connectivity index (χ2n) is 6.09. The molecule has 0 bridgehead atoms. The Bertz CT molecular complexity index is 519. The number of rotatable bonds is 3. The summed E-state index contributed by atoms with van der Waals surface area (Å²) >= 11 is 0. The normalized spacial score (nSPS) is 30.9. The molecule has 3 rings (SSSR count). The van der Waals surface area contributed by atoms with Crippen LogP contribution in [0.5, 0.6) is 0 Å². The van der Waals surface area contributed by atoms with E-state index >= 15 is 0 Å². The van der Waals surface area contributed by atoms with E-state index in [9.17, 15) is 9.59 Å². The number of hydrogen-bond acceptors (Lipinski definition) is 5. The Morgan fingerprint density at radius 3 is 2.57 bits per heavy atom. The third kappa shape index (κ3) is 2.86. The SMILES string of the molecule is CN1C(=O)[C@@H]2[C@H](NC(=NCCN3CCOCC3)N2C)N(C)C1=O. The number of imide groups is 1. The van der Waals surface area contributed by atoms with Crippen LogP contribution in [0.15, 0.2) is 4.99 Å². The molecular formula is C14H24N6O3. The second-order valence-corrected chi connectivity index (χ2v) is 6.09. The molecule has 9 heteroatoms. The highest BCUT2D eigenvalue weighted by Gasteiger charge is 2.50. The summed E-state index contributed by atoms with van der Waals surface area (Å²) in [5, 5.41) is 3.20. The Hall–Kier alpha value is -1.87. The highest BCUT2D eigenvalue weighted by Crippen LogP contribution is 2.22. The van der Waals surface area contributed by atoms with Crippen molar-refractivity contribution in [3.63, 3.8) is 0 Å². The van der Waals surface area contributed by atoms with E-state index in [1.54, 1.807) is 11.9 Å². The summed E-state index contributed by atoms with van der Waals surface area (Å²) < 4.78 is 5.33.